The van der Waals surface area contributed by atoms with E-state index in [2.05, 4.69) is 17.0 Å². The fraction of sp³-hybridized carbons (Fsp3) is 0.433. The molecule has 7 rings (SSSR count). The molecule has 37 heavy (non-hydrogen) atoms. The number of para-hydroxylation sites is 1. The quantitative estimate of drug-likeness (QED) is 0.415. The number of ether oxygens (including phenoxy) is 1. The molecule has 5 heterocycles. The molecule has 7 heteroatoms. The zero-order valence-electron chi connectivity index (χ0n) is 20.9. The molecule has 0 bridgehead atoms. The van der Waals surface area contributed by atoms with Gasteiger partial charge in [0.05, 0.1) is 23.8 Å². The van der Waals surface area contributed by atoms with Crippen LogP contribution in [0.5, 0.6) is 0 Å². The Hall–Kier alpha value is -3.03. The van der Waals surface area contributed by atoms with Crippen molar-refractivity contribution < 1.29 is 14.3 Å². The van der Waals surface area contributed by atoms with E-state index in [1.807, 2.05) is 41.3 Å². The topological polar surface area (TPSA) is 62.7 Å². The van der Waals surface area contributed by atoms with Gasteiger partial charge in [-0.05, 0) is 67.9 Å². The minimum absolute atomic E-state index is 0.0737. The maximum atomic E-state index is 13.9. The van der Waals surface area contributed by atoms with Crippen LogP contribution in [0.1, 0.15) is 57.8 Å². The van der Waals surface area contributed by atoms with Crippen LogP contribution in [-0.4, -0.2) is 49.5 Å². The second kappa shape index (κ2) is 9.07. The summed E-state index contributed by atoms with van der Waals surface area (Å²) >= 11 is 1.59. The summed E-state index contributed by atoms with van der Waals surface area (Å²) in [5, 5.41) is 0. The summed E-state index contributed by atoms with van der Waals surface area (Å²) in [6.45, 7) is 4.21. The lowest BCUT2D eigenvalue weighted by Crippen LogP contribution is -2.51. The fourth-order valence-corrected chi connectivity index (χ4v) is 7.07. The summed E-state index contributed by atoms with van der Waals surface area (Å²) in [5.74, 6) is 1.65. The molecule has 1 amide bonds. The lowest BCUT2D eigenvalue weighted by molar-refractivity contribution is -0.124. The number of rotatable bonds is 5. The summed E-state index contributed by atoms with van der Waals surface area (Å²) < 4.78 is 5.47. The molecule has 1 saturated carbocycles. The Bertz CT molecular complexity index is 1360. The van der Waals surface area contributed by atoms with Crippen molar-refractivity contribution in [1.29, 1.82) is 0 Å². The van der Waals surface area contributed by atoms with E-state index in [1.165, 1.54) is 12.8 Å². The van der Waals surface area contributed by atoms with Crippen molar-refractivity contribution in [3.63, 3.8) is 0 Å². The van der Waals surface area contributed by atoms with E-state index in [0.717, 1.165) is 78.0 Å². The first kappa shape index (κ1) is 23.1. The van der Waals surface area contributed by atoms with Gasteiger partial charge in [0.25, 0.3) is 5.91 Å². The number of fused-ring (bicyclic) bond motifs is 3. The van der Waals surface area contributed by atoms with Crippen LogP contribution in [0, 0.1) is 11.3 Å². The van der Waals surface area contributed by atoms with Crippen molar-refractivity contribution >= 4 is 34.5 Å². The molecule has 6 nitrogen and oxygen atoms in total. The first-order valence-electron chi connectivity index (χ1n) is 13.5. The van der Waals surface area contributed by atoms with Gasteiger partial charge in [-0.1, -0.05) is 24.3 Å². The van der Waals surface area contributed by atoms with Gasteiger partial charge in [0, 0.05) is 41.9 Å². The van der Waals surface area contributed by atoms with Crippen LogP contribution in [0.2, 0.25) is 0 Å². The molecule has 3 aliphatic heterocycles. The standard InChI is InChI=1S/C30H31N3O3S/c34-25(16-20-8-9-20)26-17-21-10-13-33(24-6-2-1-4-22(24)28(21)37-26)29(35)23-5-3-7-27(31-23)32-14-11-30(12-15-32)18-36-19-30/h1-7,17,20H,8-16,18-19H2. The molecule has 1 aliphatic carbocycles. The number of hydrogen-bond donors (Lipinski definition) is 0. The average molecular weight is 514 g/mol. The molecule has 3 aromatic rings. The molecule has 1 aromatic carbocycles. The minimum atomic E-state index is -0.0737. The number of anilines is 2. The molecule has 1 spiro atoms. The fourth-order valence-electron chi connectivity index (χ4n) is 5.88. The number of piperidine rings is 1. The minimum Gasteiger partial charge on any atom is -0.380 e. The maximum absolute atomic E-state index is 13.9. The van der Waals surface area contributed by atoms with E-state index in [1.54, 1.807) is 11.3 Å². The van der Waals surface area contributed by atoms with Gasteiger partial charge in [0.2, 0.25) is 0 Å². The predicted octanol–water partition coefficient (Wildman–Crippen LogP) is 5.61. The predicted molar refractivity (Wildman–Crippen MR) is 146 cm³/mol. The Kier molecular flexibility index (Phi) is 5.66. The molecular formula is C30H31N3O3S. The highest BCUT2D eigenvalue weighted by molar-refractivity contribution is 7.17. The molecule has 3 fully saturated rings. The highest BCUT2D eigenvalue weighted by Crippen LogP contribution is 2.43. The van der Waals surface area contributed by atoms with Crippen LogP contribution in [0.25, 0.3) is 10.4 Å². The molecule has 0 atom stereocenters. The Balaban J connectivity index is 1.15. The number of carbonyl (C=O) groups is 2. The number of thiophene rings is 1. The smallest absolute Gasteiger partial charge is 0.276 e. The third-order valence-corrected chi connectivity index (χ3v) is 9.71. The zero-order valence-corrected chi connectivity index (χ0v) is 21.8. The third kappa shape index (κ3) is 4.28. The summed E-state index contributed by atoms with van der Waals surface area (Å²) in [5.41, 5.74) is 3.92. The van der Waals surface area contributed by atoms with Gasteiger partial charge in [0.1, 0.15) is 11.5 Å². The van der Waals surface area contributed by atoms with Gasteiger partial charge in [-0.15, -0.1) is 11.3 Å². The van der Waals surface area contributed by atoms with Crippen molar-refractivity contribution in [2.45, 2.75) is 38.5 Å². The first-order valence-corrected chi connectivity index (χ1v) is 14.3. The molecular weight excluding hydrogens is 482 g/mol. The molecule has 0 radical (unpaired) electrons. The van der Waals surface area contributed by atoms with Crippen molar-refractivity contribution in [3.8, 4) is 10.4 Å². The number of Topliss-reactive ketones (excluding diaryl/α,β-unsaturated/α-hetero) is 1. The van der Waals surface area contributed by atoms with E-state index >= 15 is 0 Å². The second-order valence-electron chi connectivity index (χ2n) is 11.1. The molecule has 2 saturated heterocycles. The number of amides is 1. The summed E-state index contributed by atoms with van der Waals surface area (Å²) in [4.78, 5) is 37.7. The molecule has 4 aliphatic rings. The number of pyridine rings is 1. The van der Waals surface area contributed by atoms with Crippen molar-refractivity contribution in [1.82, 2.24) is 4.98 Å². The lowest BCUT2D eigenvalue weighted by atomic mass is 9.77. The Morgan fingerprint density at radius 3 is 2.59 bits per heavy atom. The number of nitrogens with zero attached hydrogens (tertiary/aromatic N) is 3. The van der Waals surface area contributed by atoms with E-state index in [-0.39, 0.29) is 11.7 Å². The first-order chi connectivity index (χ1) is 18.1. The van der Waals surface area contributed by atoms with Crippen molar-refractivity contribution in [2.24, 2.45) is 11.3 Å². The zero-order chi connectivity index (χ0) is 25.0. The van der Waals surface area contributed by atoms with Gasteiger partial charge < -0.3 is 14.5 Å². The summed E-state index contributed by atoms with van der Waals surface area (Å²) in [6.07, 6.45) is 5.97. The van der Waals surface area contributed by atoms with Crippen molar-refractivity contribution in [2.75, 3.05) is 42.6 Å². The van der Waals surface area contributed by atoms with Crippen LogP contribution in [0.4, 0.5) is 11.5 Å². The van der Waals surface area contributed by atoms with Gasteiger partial charge in [-0.25, -0.2) is 4.98 Å². The molecule has 0 N–H and O–H groups in total. The summed E-state index contributed by atoms with van der Waals surface area (Å²) in [7, 11) is 0. The van der Waals surface area contributed by atoms with Crippen LogP contribution >= 0.6 is 11.3 Å². The molecule has 0 unspecified atom stereocenters. The lowest BCUT2D eigenvalue weighted by Gasteiger charge is -2.47. The number of carbonyl (C=O) groups excluding carboxylic acids is 2. The summed E-state index contributed by atoms with van der Waals surface area (Å²) in [6, 6.07) is 15.9. The van der Waals surface area contributed by atoms with Crippen LogP contribution in [-0.2, 0) is 11.2 Å². The molecule has 190 valence electrons. The number of aromatic nitrogens is 1. The SMILES string of the molecule is O=C(CC1CC1)c1cc2c(s1)-c1ccccc1N(C(=O)c1cccc(N3CCC4(CC3)COC4)n1)CC2. The Morgan fingerprint density at radius 2 is 1.84 bits per heavy atom. The van der Waals surface area contributed by atoms with Gasteiger partial charge in [0.15, 0.2) is 5.78 Å². The van der Waals surface area contributed by atoms with Gasteiger partial charge in [-0.3, -0.25) is 9.59 Å². The monoisotopic (exact) mass is 513 g/mol. The van der Waals surface area contributed by atoms with E-state index < -0.39 is 0 Å². The third-order valence-electron chi connectivity index (χ3n) is 8.46. The van der Waals surface area contributed by atoms with Crippen LogP contribution in [0.3, 0.4) is 0 Å². The Labute approximate surface area is 221 Å². The normalized spacial score (nSPS) is 20.1. The number of benzene rings is 1. The van der Waals surface area contributed by atoms with E-state index in [9.17, 15) is 9.59 Å². The van der Waals surface area contributed by atoms with Crippen molar-refractivity contribution in [3.05, 3.63) is 64.7 Å². The Morgan fingerprint density at radius 1 is 1.03 bits per heavy atom. The highest BCUT2D eigenvalue weighted by atomic mass is 32.1. The highest BCUT2D eigenvalue weighted by Gasteiger charge is 2.41. The average Bonchev–Trinajstić information content (AvgIpc) is 3.66. The molecule has 2 aromatic heterocycles. The van der Waals surface area contributed by atoms with Crippen LogP contribution in [0.15, 0.2) is 48.5 Å². The van der Waals surface area contributed by atoms with Crippen LogP contribution < -0.4 is 9.80 Å². The van der Waals surface area contributed by atoms with Gasteiger partial charge in [-0.2, -0.15) is 0 Å². The van der Waals surface area contributed by atoms with Gasteiger partial charge >= 0.3 is 0 Å². The largest absolute Gasteiger partial charge is 0.380 e. The maximum Gasteiger partial charge on any atom is 0.276 e. The number of hydrogen-bond acceptors (Lipinski definition) is 6. The second-order valence-corrected chi connectivity index (χ2v) is 12.2. The van der Waals surface area contributed by atoms with E-state index in [0.29, 0.717) is 30.0 Å². The number of ketones is 1. The van der Waals surface area contributed by atoms with E-state index in [4.69, 9.17) is 9.72 Å².